The van der Waals surface area contributed by atoms with Crippen LogP contribution in [-0.2, 0) is 9.53 Å². The van der Waals surface area contributed by atoms with Gasteiger partial charge in [0.05, 0.1) is 5.41 Å². The Hall–Kier alpha value is -0.570. The highest BCUT2D eigenvalue weighted by molar-refractivity contribution is 5.78. The van der Waals surface area contributed by atoms with Crippen LogP contribution in [0.15, 0.2) is 0 Å². The molecule has 2 atom stereocenters. The molecule has 16 heavy (non-hydrogen) atoms. The Balaban J connectivity index is 2.12. The molecular formula is C13H23NO2. The molecule has 2 fully saturated rings. The molecule has 0 radical (unpaired) electrons. The first-order valence-corrected chi connectivity index (χ1v) is 6.27. The third-order valence-corrected chi connectivity index (χ3v) is 3.95. The monoisotopic (exact) mass is 225 g/mol. The molecule has 0 aromatic carbocycles. The molecule has 2 bridgehead atoms. The molecule has 92 valence electrons. The molecule has 0 aromatic heterocycles. The molecule has 3 nitrogen and oxygen atoms in total. The smallest absolute Gasteiger partial charge is 0.312 e. The highest BCUT2D eigenvalue weighted by Crippen LogP contribution is 2.53. The topological polar surface area (TPSA) is 52.3 Å². The molecular weight excluding hydrogens is 202 g/mol. The van der Waals surface area contributed by atoms with Gasteiger partial charge in [0.2, 0.25) is 0 Å². The Kier molecular flexibility index (Phi) is 2.57. The summed E-state index contributed by atoms with van der Waals surface area (Å²) in [5, 5.41) is 0. The highest BCUT2D eigenvalue weighted by atomic mass is 16.6. The van der Waals surface area contributed by atoms with E-state index in [0.717, 1.165) is 38.5 Å². The maximum absolute atomic E-state index is 12.3. The Bertz CT molecular complexity index is 308. The van der Waals surface area contributed by atoms with Crippen molar-refractivity contribution in [1.29, 1.82) is 0 Å². The summed E-state index contributed by atoms with van der Waals surface area (Å²) in [5.41, 5.74) is 5.54. The van der Waals surface area contributed by atoms with E-state index in [1.54, 1.807) is 0 Å². The maximum Gasteiger partial charge on any atom is 0.312 e. The van der Waals surface area contributed by atoms with Crippen LogP contribution in [0.4, 0.5) is 0 Å². The quantitative estimate of drug-likeness (QED) is 0.697. The number of rotatable bonds is 1. The maximum atomic E-state index is 12.3. The van der Waals surface area contributed by atoms with Crippen LogP contribution >= 0.6 is 0 Å². The molecule has 0 aromatic rings. The van der Waals surface area contributed by atoms with Gasteiger partial charge in [0.15, 0.2) is 0 Å². The van der Waals surface area contributed by atoms with Crippen LogP contribution in [0.1, 0.15) is 59.3 Å². The van der Waals surface area contributed by atoms with E-state index in [2.05, 4.69) is 0 Å². The number of nitrogens with two attached hydrogens (primary N) is 1. The van der Waals surface area contributed by atoms with Crippen molar-refractivity contribution in [3.63, 3.8) is 0 Å². The van der Waals surface area contributed by atoms with Crippen molar-refractivity contribution >= 4 is 5.97 Å². The second-order valence-corrected chi connectivity index (χ2v) is 6.67. The molecule has 2 N–H and O–H groups in total. The van der Waals surface area contributed by atoms with Gasteiger partial charge in [0.1, 0.15) is 5.60 Å². The fourth-order valence-corrected chi connectivity index (χ4v) is 3.21. The predicted octanol–water partition coefficient (Wildman–Crippen LogP) is 2.38. The standard InChI is InChI=1S/C13H23NO2/c1-11(2,3)16-10(15)12-5-4-6-13(14,9-12)8-7-12/h4-9,14H2,1-3H3. The number of ether oxygens (including phenoxy) is 1. The van der Waals surface area contributed by atoms with Gasteiger partial charge in [-0.15, -0.1) is 0 Å². The van der Waals surface area contributed by atoms with Crippen molar-refractivity contribution in [2.75, 3.05) is 0 Å². The fraction of sp³-hybridized carbons (Fsp3) is 0.923. The van der Waals surface area contributed by atoms with Gasteiger partial charge in [-0.05, 0) is 52.9 Å². The highest BCUT2D eigenvalue weighted by Gasteiger charge is 2.54. The average molecular weight is 225 g/mol. The van der Waals surface area contributed by atoms with Gasteiger partial charge in [-0.2, -0.15) is 0 Å². The van der Waals surface area contributed by atoms with Crippen LogP contribution in [0.2, 0.25) is 0 Å². The lowest BCUT2D eigenvalue weighted by Gasteiger charge is -2.37. The number of fused-ring (bicyclic) bond motifs is 2. The Morgan fingerprint density at radius 2 is 1.88 bits per heavy atom. The third kappa shape index (κ3) is 2.10. The molecule has 2 aliphatic rings. The van der Waals surface area contributed by atoms with Crippen LogP contribution in [0.5, 0.6) is 0 Å². The molecule has 0 aliphatic heterocycles. The molecule has 2 saturated carbocycles. The lowest BCUT2D eigenvalue weighted by Crippen LogP contribution is -2.45. The molecule has 2 rings (SSSR count). The number of hydrogen-bond donors (Lipinski definition) is 1. The first-order chi connectivity index (χ1) is 7.25. The fourth-order valence-electron chi connectivity index (χ4n) is 3.21. The molecule has 2 aliphatic carbocycles. The number of hydrogen-bond acceptors (Lipinski definition) is 3. The minimum atomic E-state index is -0.386. The summed E-state index contributed by atoms with van der Waals surface area (Å²) >= 11 is 0. The van der Waals surface area contributed by atoms with Gasteiger partial charge in [0, 0.05) is 5.54 Å². The normalized spacial score (nSPS) is 38.5. The van der Waals surface area contributed by atoms with E-state index in [-0.39, 0.29) is 22.5 Å². The van der Waals surface area contributed by atoms with Crippen LogP contribution < -0.4 is 5.73 Å². The first-order valence-electron chi connectivity index (χ1n) is 6.27. The minimum absolute atomic E-state index is 0.0213. The van der Waals surface area contributed by atoms with Crippen molar-refractivity contribution in [2.24, 2.45) is 11.1 Å². The Morgan fingerprint density at radius 1 is 1.19 bits per heavy atom. The summed E-state index contributed by atoms with van der Waals surface area (Å²) in [6.45, 7) is 5.78. The van der Waals surface area contributed by atoms with Gasteiger partial charge in [-0.1, -0.05) is 6.42 Å². The summed E-state index contributed by atoms with van der Waals surface area (Å²) in [4.78, 5) is 12.3. The van der Waals surface area contributed by atoms with E-state index in [4.69, 9.17) is 10.5 Å². The first kappa shape index (κ1) is 11.9. The summed E-state index contributed by atoms with van der Waals surface area (Å²) in [5.74, 6) is -0.0213. The number of carbonyl (C=O) groups is 1. The van der Waals surface area contributed by atoms with Gasteiger partial charge in [0.25, 0.3) is 0 Å². The largest absolute Gasteiger partial charge is 0.460 e. The zero-order chi connectivity index (χ0) is 12.0. The Morgan fingerprint density at radius 3 is 2.50 bits per heavy atom. The lowest BCUT2D eigenvalue weighted by atomic mass is 9.73. The van der Waals surface area contributed by atoms with Crippen molar-refractivity contribution in [3.05, 3.63) is 0 Å². The summed E-state index contributed by atoms with van der Waals surface area (Å²) in [6.07, 6.45) is 5.81. The molecule has 0 amide bonds. The molecule has 0 spiro atoms. The summed E-state index contributed by atoms with van der Waals surface area (Å²) < 4.78 is 5.55. The van der Waals surface area contributed by atoms with E-state index < -0.39 is 0 Å². The predicted molar refractivity (Wildman–Crippen MR) is 62.9 cm³/mol. The zero-order valence-corrected chi connectivity index (χ0v) is 10.6. The van der Waals surface area contributed by atoms with E-state index in [0.29, 0.717) is 0 Å². The van der Waals surface area contributed by atoms with Gasteiger partial charge >= 0.3 is 5.97 Å². The van der Waals surface area contributed by atoms with Gasteiger partial charge < -0.3 is 10.5 Å². The summed E-state index contributed by atoms with van der Waals surface area (Å²) in [7, 11) is 0. The molecule has 3 heteroatoms. The van der Waals surface area contributed by atoms with Crippen molar-refractivity contribution in [1.82, 2.24) is 0 Å². The molecule has 0 saturated heterocycles. The van der Waals surface area contributed by atoms with E-state index >= 15 is 0 Å². The second kappa shape index (κ2) is 3.46. The minimum Gasteiger partial charge on any atom is -0.460 e. The molecule has 2 unspecified atom stereocenters. The van der Waals surface area contributed by atoms with Crippen molar-refractivity contribution < 1.29 is 9.53 Å². The van der Waals surface area contributed by atoms with Crippen LogP contribution in [-0.4, -0.2) is 17.1 Å². The van der Waals surface area contributed by atoms with E-state index in [1.807, 2.05) is 20.8 Å². The zero-order valence-electron chi connectivity index (χ0n) is 10.6. The van der Waals surface area contributed by atoms with Crippen molar-refractivity contribution in [2.45, 2.75) is 70.4 Å². The van der Waals surface area contributed by atoms with E-state index in [1.165, 1.54) is 0 Å². The third-order valence-electron chi connectivity index (χ3n) is 3.95. The van der Waals surface area contributed by atoms with Crippen LogP contribution in [0, 0.1) is 5.41 Å². The average Bonchev–Trinajstić information content (AvgIpc) is 2.35. The van der Waals surface area contributed by atoms with Gasteiger partial charge in [-0.25, -0.2) is 0 Å². The summed E-state index contributed by atoms with van der Waals surface area (Å²) in [6, 6.07) is 0. The molecule has 0 heterocycles. The van der Waals surface area contributed by atoms with Crippen LogP contribution in [0.3, 0.4) is 0 Å². The van der Waals surface area contributed by atoms with Crippen LogP contribution in [0.25, 0.3) is 0 Å². The lowest BCUT2D eigenvalue weighted by molar-refractivity contribution is -0.169. The number of carbonyl (C=O) groups excluding carboxylic acids is 1. The SMILES string of the molecule is CC(C)(C)OC(=O)C12CCCC(N)(CC1)C2. The Labute approximate surface area is 97.7 Å². The second-order valence-electron chi connectivity index (χ2n) is 6.67. The van der Waals surface area contributed by atoms with Crippen molar-refractivity contribution in [3.8, 4) is 0 Å². The number of esters is 1. The van der Waals surface area contributed by atoms with E-state index in [9.17, 15) is 4.79 Å². The van der Waals surface area contributed by atoms with Gasteiger partial charge in [-0.3, -0.25) is 4.79 Å².